The van der Waals surface area contributed by atoms with Crippen LogP contribution < -0.4 is 10.5 Å². The highest BCUT2D eigenvalue weighted by Crippen LogP contribution is 2.33. The number of anilines is 1. The maximum atomic E-state index is 12.3. The molecule has 0 aliphatic rings. The Hall–Kier alpha value is -1.92. The van der Waals surface area contributed by atoms with Gasteiger partial charge in [-0.1, -0.05) is 19.8 Å². The summed E-state index contributed by atoms with van der Waals surface area (Å²) in [5.41, 5.74) is 6.30. The monoisotopic (exact) mass is 305 g/mol. The van der Waals surface area contributed by atoms with Crippen LogP contribution >= 0.6 is 0 Å². The van der Waals surface area contributed by atoms with Crippen LogP contribution in [0.2, 0.25) is 0 Å². The van der Waals surface area contributed by atoms with Crippen LogP contribution in [0.15, 0.2) is 18.2 Å². The first-order chi connectivity index (χ1) is 9.78. The van der Waals surface area contributed by atoms with Crippen molar-refractivity contribution in [2.75, 3.05) is 12.8 Å². The van der Waals surface area contributed by atoms with Crippen LogP contribution in [0.4, 0.5) is 18.9 Å². The average Bonchev–Trinajstić information content (AvgIpc) is 2.40. The summed E-state index contributed by atoms with van der Waals surface area (Å²) in [6.45, 7) is 1.95. The molecule has 0 spiro atoms. The lowest BCUT2D eigenvalue weighted by Crippen LogP contribution is -2.19. The largest absolute Gasteiger partial charge is 0.573 e. The second-order valence-electron chi connectivity index (χ2n) is 4.56. The highest BCUT2D eigenvalue weighted by atomic mass is 19.4. The van der Waals surface area contributed by atoms with Gasteiger partial charge in [0.05, 0.1) is 13.0 Å². The second kappa shape index (κ2) is 7.19. The Kier molecular flexibility index (Phi) is 5.87. The number of carbonyl (C=O) groups excluding carboxylic acids is 1. The molecule has 2 N–H and O–H groups in total. The van der Waals surface area contributed by atoms with Crippen LogP contribution in [0.5, 0.6) is 5.75 Å². The Bertz CT molecular complexity index is 489. The minimum absolute atomic E-state index is 0.232. The minimum Gasteiger partial charge on any atom is -0.469 e. The lowest BCUT2D eigenvalue weighted by atomic mass is 9.92. The fourth-order valence-electron chi connectivity index (χ4n) is 2.00. The van der Waals surface area contributed by atoms with E-state index in [0.717, 1.165) is 25.0 Å². The van der Waals surface area contributed by atoms with E-state index in [1.54, 1.807) is 0 Å². The minimum atomic E-state index is -4.79. The number of nitrogen functional groups attached to an aromatic ring is 1. The molecular formula is C14H18F3NO3. The van der Waals surface area contributed by atoms with Crippen LogP contribution in [0.3, 0.4) is 0 Å². The summed E-state index contributed by atoms with van der Waals surface area (Å²) >= 11 is 0. The molecule has 0 fully saturated rings. The normalized spacial score (nSPS) is 12.8. The predicted octanol–water partition coefficient (Wildman–Crippen LogP) is 3.61. The molecule has 0 radical (unpaired) electrons. The zero-order chi connectivity index (χ0) is 16.0. The fourth-order valence-corrected chi connectivity index (χ4v) is 2.00. The number of rotatable bonds is 6. The third-order valence-corrected chi connectivity index (χ3v) is 3.00. The van der Waals surface area contributed by atoms with E-state index < -0.39 is 24.0 Å². The molecule has 7 heteroatoms. The zero-order valence-electron chi connectivity index (χ0n) is 11.9. The molecular weight excluding hydrogens is 287 g/mol. The molecule has 1 unspecified atom stereocenters. The van der Waals surface area contributed by atoms with Crippen molar-refractivity contribution in [3.8, 4) is 5.75 Å². The molecule has 0 amide bonds. The fraction of sp³-hybridized carbons (Fsp3) is 0.500. The molecule has 0 aliphatic heterocycles. The third kappa shape index (κ3) is 5.17. The molecule has 1 atom stereocenters. The van der Waals surface area contributed by atoms with Gasteiger partial charge in [0.1, 0.15) is 5.75 Å². The number of benzene rings is 1. The summed E-state index contributed by atoms with van der Waals surface area (Å²) in [5, 5.41) is 0. The standard InChI is InChI=1S/C14H18F3NO3/c1-3-4-5-10(13(19)20-2)11-8-9(6-7-12(11)18)21-14(15,16)17/h6-8,10H,3-5,18H2,1-2H3. The van der Waals surface area contributed by atoms with Gasteiger partial charge in [-0.3, -0.25) is 4.79 Å². The predicted molar refractivity (Wildman–Crippen MR) is 71.8 cm³/mol. The maximum absolute atomic E-state index is 12.3. The summed E-state index contributed by atoms with van der Waals surface area (Å²) in [6.07, 6.45) is -2.78. The van der Waals surface area contributed by atoms with Crippen molar-refractivity contribution in [3.05, 3.63) is 23.8 Å². The summed E-state index contributed by atoms with van der Waals surface area (Å²) in [7, 11) is 1.23. The van der Waals surface area contributed by atoms with E-state index in [9.17, 15) is 18.0 Å². The maximum Gasteiger partial charge on any atom is 0.573 e. The molecule has 1 aromatic rings. The molecule has 0 aliphatic carbocycles. The molecule has 0 saturated carbocycles. The molecule has 1 rings (SSSR count). The summed E-state index contributed by atoms with van der Waals surface area (Å²) < 4.78 is 45.3. The first-order valence-corrected chi connectivity index (χ1v) is 6.51. The Morgan fingerprint density at radius 1 is 1.38 bits per heavy atom. The van der Waals surface area contributed by atoms with E-state index in [1.807, 2.05) is 6.92 Å². The van der Waals surface area contributed by atoms with Gasteiger partial charge in [-0.25, -0.2) is 0 Å². The molecule has 0 bridgehead atoms. The van der Waals surface area contributed by atoms with E-state index >= 15 is 0 Å². The van der Waals surface area contributed by atoms with E-state index in [0.29, 0.717) is 6.42 Å². The number of alkyl halides is 3. The van der Waals surface area contributed by atoms with Crippen LogP contribution in [0, 0.1) is 0 Å². The SMILES string of the molecule is CCCCC(C(=O)OC)c1cc(OC(F)(F)F)ccc1N. The van der Waals surface area contributed by atoms with Crippen molar-refractivity contribution in [1.82, 2.24) is 0 Å². The Labute approximate surface area is 121 Å². The lowest BCUT2D eigenvalue weighted by Gasteiger charge is -2.18. The number of methoxy groups -OCH3 is 1. The highest BCUT2D eigenvalue weighted by molar-refractivity contribution is 5.80. The van der Waals surface area contributed by atoms with Crippen molar-refractivity contribution >= 4 is 11.7 Å². The molecule has 0 saturated heterocycles. The Balaban J connectivity index is 3.11. The third-order valence-electron chi connectivity index (χ3n) is 3.00. The summed E-state index contributed by atoms with van der Waals surface area (Å²) in [5.74, 6) is -1.64. The zero-order valence-corrected chi connectivity index (χ0v) is 11.9. The van der Waals surface area contributed by atoms with Gasteiger partial charge < -0.3 is 15.2 Å². The molecule has 0 heterocycles. The molecule has 0 aromatic heterocycles. The summed E-state index contributed by atoms with van der Waals surface area (Å²) in [6, 6.07) is 3.54. The number of carbonyl (C=O) groups is 1. The van der Waals surface area contributed by atoms with Crippen LogP contribution in [0.25, 0.3) is 0 Å². The van der Waals surface area contributed by atoms with Crippen molar-refractivity contribution < 1.29 is 27.4 Å². The number of unbranched alkanes of at least 4 members (excludes halogenated alkanes) is 1. The smallest absolute Gasteiger partial charge is 0.469 e. The van der Waals surface area contributed by atoms with E-state index in [-0.39, 0.29) is 11.3 Å². The van der Waals surface area contributed by atoms with E-state index in [4.69, 9.17) is 10.5 Å². The van der Waals surface area contributed by atoms with Crippen molar-refractivity contribution in [2.45, 2.75) is 38.5 Å². The quantitative estimate of drug-likeness (QED) is 0.644. The number of ether oxygens (including phenoxy) is 2. The highest BCUT2D eigenvalue weighted by Gasteiger charge is 2.32. The van der Waals surface area contributed by atoms with E-state index in [2.05, 4.69) is 4.74 Å². The van der Waals surface area contributed by atoms with Gasteiger partial charge in [-0.05, 0) is 30.2 Å². The number of halogens is 3. The van der Waals surface area contributed by atoms with Crippen molar-refractivity contribution in [2.24, 2.45) is 0 Å². The molecule has 118 valence electrons. The first kappa shape index (κ1) is 17.1. The van der Waals surface area contributed by atoms with Gasteiger partial charge in [-0.15, -0.1) is 13.2 Å². The van der Waals surface area contributed by atoms with Gasteiger partial charge in [-0.2, -0.15) is 0 Å². The van der Waals surface area contributed by atoms with E-state index in [1.165, 1.54) is 13.2 Å². The van der Waals surface area contributed by atoms with Gasteiger partial charge in [0.2, 0.25) is 0 Å². The Morgan fingerprint density at radius 3 is 2.57 bits per heavy atom. The molecule has 4 nitrogen and oxygen atoms in total. The average molecular weight is 305 g/mol. The topological polar surface area (TPSA) is 61.5 Å². The molecule has 21 heavy (non-hydrogen) atoms. The van der Waals surface area contributed by atoms with Crippen LogP contribution in [0.1, 0.15) is 37.7 Å². The van der Waals surface area contributed by atoms with Crippen molar-refractivity contribution in [1.29, 1.82) is 0 Å². The first-order valence-electron chi connectivity index (χ1n) is 6.51. The van der Waals surface area contributed by atoms with Crippen molar-refractivity contribution in [3.63, 3.8) is 0 Å². The number of nitrogens with two attached hydrogens (primary N) is 1. The number of esters is 1. The number of hydrogen-bond donors (Lipinski definition) is 1. The van der Waals surface area contributed by atoms with Gasteiger partial charge in [0.15, 0.2) is 0 Å². The van der Waals surface area contributed by atoms with Crippen LogP contribution in [-0.4, -0.2) is 19.4 Å². The Morgan fingerprint density at radius 2 is 2.05 bits per heavy atom. The summed E-state index contributed by atoms with van der Waals surface area (Å²) in [4.78, 5) is 11.8. The van der Waals surface area contributed by atoms with Crippen LogP contribution in [-0.2, 0) is 9.53 Å². The van der Waals surface area contributed by atoms with Gasteiger partial charge >= 0.3 is 12.3 Å². The lowest BCUT2D eigenvalue weighted by molar-refractivity contribution is -0.274. The molecule has 1 aromatic carbocycles. The second-order valence-corrected chi connectivity index (χ2v) is 4.56. The van der Waals surface area contributed by atoms with Gasteiger partial charge in [0.25, 0.3) is 0 Å². The van der Waals surface area contributed by atoms with Gasteiger partial charge in [0, 0.05) is 5.69 Å². The number of hydrogen-bond acceptors (Lipinski definition) is 4.